The summed E-state index contributed by atoms with van der Waals surface area (Å²) in [5.74, 6) is 0.228. The summed E-state index contributed by atoms with van der Waals surface area (Å²) >= 11 is 6.03. The number of amides is 1. The van der Waals surface area contributed by atoms with Crippen LogP contribution < -0.4 is 11.0 Å². The van der Waals surface area contributed by atoms with Gasteiger partial charge in [-0.1, -0.05) is 48.0 Å². The monoisotopic (exact) mass is 518 g/mol. The normalized spacial score (nSPS) is 17.7. The number of benzene rings is 2. The minimum absolute atomic E-state index is 0.00289. The second-order valence-corrected chi connectivity index (χ2v) is 10.4. The highest BCUT2D eigenvalue weighted by Gasteiger charge is 2.25. The molecule has 1 amide bonds. The Hall–Kier alpha value is -3.42. The van der Waals surface area contributed by atoms with Crippen molar-refractivity contribution in [2.24, 2.45) is 5.92 Å². The van der Waals surface area contributed by atoms with Gasteiger partial charge in [0.15, 0.2) is 0 Å². The maximum absolute atomic E-state index is 13.5. The van der Waals surface area contributed by atoms with Crippen molar-refractivity contribution in [2.45, 2.75) is 58.3 Å². The number of nitrogens with zero attached hydrogens (tertiary/aromatic N) is 3. The Morgan fingerprint density at radius 1 is 1.03 bits per heavy atom. The lowest BCUT2D eigenvalue weighted by atomic mass is 9.85. The van der Waals surface area contributed by atoms with E-state index in [1.807, 2.05) is 57.7 Å². The van der Waals surface area contributed by atoms with E-state index < -0.39 is 0 Å². The molecule has 0 bridgehead atoms. The average Bonchev–Trinajstić information content (AvgIpc) is 3.17. The summed E-state index contributed by atoms with van der Waals surface area (Å²) in [5.41, 5.74) is 4.90. The van der Waals surface area contributed by atoms with Gasteiger partial charge in [-0.2, -0.15) is 0 Å². The summed E-state index contributed by atoms with van der Waals surface area (Å²) in [6.07, 6.45) is 5.16. The molecule has 8 heteroatoms. The molecule has 1 aliphatic rings. The number of para-hydroxylation sites is 2. The molecule has 1 fully saturated rings. The van der Waals surface area contributed by atoms with E-state index >= 15 is 0 Å². The van der Waals surface area contributed by atoms with Gasteiger partial charge in [0.25, 0.3) is 5.91 Å². The predicted octanol–water partition coefficient (Wildman–Crippen LogP) is 4.69. The maximum Gasteiger partial charge on any atom is 0.329 e. The summed E-state index contributed by atoms with van der Waals surface area (Å²) < 4.78 is 3.73. The largest absolute Gasteiger partial charge is 0.392 e. The van der Waals surface area contributed by atoms with E-state index in [0.717, 1.165) is 47.8 Å². The molecule has 0 saturated heterocycles. The molecule has 192 valence electrons. The molecule has 4 aromatic rings. The van der Waals surface area contributed by atoms with E-state index in [1.54, 1.807) is 19.2 Å². The van der Waals surface area contributed by atoms with Gasteiger partial charge in [-0.25, -0.2) is 4.79 Å². The third kappa shape index (κ3) is 5.48. The number of nitrogens with one attached hydrogen (secondary N) is 1. The average molecular weight is 519 g/mol. The summed E-state index contributed by atoms with van der Waals surface area (Å²) in [6, 6.07) is 17.4. The lowest BCUT2D eigenvalue weighted by Gasteiger charge is -2.29. The van der Waals surface area contributed by atoms with Crippen LogP contribution in [0.5, 0.6) is 0 Å². The molecule has 37 heavy (non-hydrogen) atoms. The molecule has 0 unspecified atom stereocenters. The Balaban J connectivity index is 1.27. The molecule has 7 nitrogen and oxygen atoms in total. The maximum atomic E-state index is 13.5. The summed E-state index contributed by atoms with van der Waals surface area (Å²) in [7, 11) is 0. The van der Waals surface area contributed by atoms with Gasteiger partial charge >= 0.3 is 5.69 Å². The summed E-state index contributed by atoms with van der Waals surface area (Å²) in [4.78, 5) is 30.5. The lowest BCUT2D eigenvalue weighted by Crippen LogP contribution is -2.39. The molecule has 2 heterocycles. The number of aromatic nitrogens is 3. The number of hydrogen-bond donors (Lipinski definition) is 2. The quantitative estimate of drug-likeness (QED) is 0.371. The molecule has 0 atom stereocenters. The summed E-state index contributed by atoms with van der Waals surface area (Å²) in [5, 5.41) is 12.9. The van der Waals surface area contributed by atoms with Crippen LogP contribution in [0, 0.1) is 12.8 Å². The van der Waals surface area contributed by atoms with Crippen molar-refractivity contribution in [3.05, 3.63) is 98.7 Å². The fourth-order valence-electron chi connectivity index (χ4n) is 5.28. The van der Waals surface area contributed by atoms with Crippen LogP contribution in [0.3, 0.4) is 0 Å². The van der Waals surface area contributed by atoms with Crippen molar-refractivity contribution in [2.75, 3.05) is 0 Å². The second-order valence-electron chi connectivity index (χ2n) is 9.92. The SMILES string of the molecule is Cc1ncc(Cl)cc1C(=O)NC1CCC(Cn2c(=O)n(Cc3ccc(CO)cc3)c3ccccc32)CC1. The molecule has 1 saturated carbocycles. The van der Waals surface area contributed by atoms with E-state index in [4.69, 9.17) is 11.6 Å². The van der Waals surface area contributed by atoms with Crippen molar-refractivity contribution in [1.82, 2.24) is 19.4 Å². The fourth-order valence-corrected chi connectivity index (χ4v) is 5.44. The zero-order valence-electron chi connectivity index (χ0n) is 20.9. The molecule has 5 rings (SSSR count). The van der Waals surface area contributed by atoms with Crippen LogP contribution in [0.4, 0.5) is 0 Å². The van der Waals surface area contributed by atoms with E-state index in [0.29, 0.717) is 35.3 Å². The van der Waals surface area contributed by atoms with Gasteiger partial charge in [0.2, 0.25) is 0 Å². The Kier molecular flexibility index (Phi) is 7.44. The van der Waals surface area contributed by atoms with Crippen LogP contribution in [0.15, 0.2) is 65.6 Å². The Bertz CT molecular complexity index is 1470. The molecule has 1 aliphatic carbocycles. The highest BCUT2D eigenvalue weighted by molar-refractivity contribution is 6.30. The van der Waals surface area contributed by atoms with E-state index in [-0.39, 0.29) is 24.2 Å². The van der Waals surface area contributed by atoms with E-state index in [2.05, 4.69) is 10.3 Å². The van der Waals surface area contributed by atoms with Crippen molar-refractivity contribution >= 4 is 28.5 Å². The van der Waals surface area contributed by atoms with Gasteiger partial charge in [-0.15, -0.1) is 0 Å². The number of carbonyl (C=O) groups excluding carboxylic acids is 1. The van der Waals surface area contributed by atoms with Crippen molar-refractivity contribution < 1.29 is 9.90 Å². The van der Waals surface area contributed by atoms with Crippen LogP contribution in [-0.2, 0) is 19.7 Å². The third-order valence-corrected chi connectivity index (χ3v) is 7.60. The standard InChI is InChI=1S/C29H31ClN4O3/c1-19-25(14-23(30)15-31-19)28(36)32-24-12-10-21(11-13-24)17-34-27-5-3-2-4-26(27)33(29(34)37)16-20-6-8-22(18-35)9-7-20/h2-9,14-15,21,24,35H,10-13,16-18H2,1H3,(H,32,36). The molecule has 2 aromatic heterocycles. The van der Waals surface area contributed by atoms with Crippen LogP contribution in [0.2, 0.25) is 5.02 Å². The van der Waals surface area contributed by atoms with Crippen molar-refractivity contribution in [1.29, 1.82) is 0 Å². The first-order valence-electron chi connectivity index (χ1n) is 12.7. The van der Waals surface area contributed by atoms with Crippen molar-refractivity contribution in [3.8, 4) is 0 Å². The smallest absolute Gasteiger partial charge is 0.329 e. The zero-order chi connectivity index (χ0) is 25.9. The summed E-state index contributed by atoms with van der Waals surface area (Å²) in [6.45, 7) is 2.95. The highest BCUT2D eigenvalue weighted by atomic mass is 35.5. The zero-order valence-corrected chi connectivity index (χ0v) is 21.6. The second kappa shape index (κ2) is 10.9. The number of aliphatic hydroxyl groups excluding tert-OH is 1. The molecule has 2 N–H and O–H groups in total. The molecular formula is C29H31ClN4O3. The van der Waals surface area contributed by atoms with Gasteiger partial charge < -0.3 is 10.4 Å². The number of imidazole rings is 1. The van der Waals surface area contributed by atoms with Crippen LogP contribution >= 0.6 is 11.6 Å². The molecule has 0 radical (unpaired) electrons. The number of pyridine rings is 1. The Labute approximate surface area is 220 Å². The number of carbonyl (C=O) groups is 1. The molecule has 2 aromatic carbocycles. The van der Waals surface area contributed by atoms with Gasteiger partial charge in [-0.3, -0.25) is 18.9 Å². The fraction of sp³-hybridized carbons (Fsp3) is 0.345. The highest BCUT2D eigenvalue weighted by Crippen LogP contribution is 2.27. The number of rotatable bonds is 7. The number of hydrogen-bond acceptors (Lipinski definition) is 4. The number of halogens is 1. The number of fused-ring (bicyclic) bond motifs is 1. The topological polar surface area (TPSA) is 89.2 Å². The molecular weight excluding hydrogens is 488 g/mol. The minimum atomic E-state index is -0.137. The lowest BCUT2D eigenvalue weighted by molar-refractivity contribution is 0.0919. The van der Waals surface area contributed by atoms with Crippen LogP contribution in [-0.4, -0.2) is 31.2 Å². The first-order chi connectivity index (χ1) is 17.9. The first kappa shape index (κ1) is 25.2. The predicted molar refractivity (Wildman–Crippen MR) is 145 cm³/mol. The third-order valence-electron chi connectivity index (χ3n) is 7.39. The Morgan fingerprint density at radius 2 is 1.68 bits per heavy atom. The van der Waals surface area contributed by atoms with Gasteiger partial charge in [0, 0.05) is 18.8 Å². The van der Waals surface area contributed by atoms with Crippen molar-refractivity contribution in [3.63, 3.8) is 0 Å². The van der Waals surface area contributed by atoms with Gasteiger partial charge in [0.1, 0.15) is 0 Å². The van der Waals surface area contributed by atoms with Crippen LogP contribution in [0.1, 0.15) is 52.9 Å². The van der Waals surface area contributed by atoms with E-state index in [1.165, 1.54) is 0 Å². The number of aliphatic hydroxyl groups is 1. The first-order valence-corrected chi connectivity index (χ1v) is 13.1. The molecule has 0 aliphatic heterocycles. The van der Waals surface area contributed by atoms with Gasteiger partial charge in [0.05, 0.1) is 40.5 Å². The van der Waals surface area contributed by atoms with Gasteiger partial charge in [-0.05, 0) is 67.9 Å². The van der Waals surface area contributed by atoms with E-state index in [9.17, 15) is 14.7 Å². The van der Waals surface area contributed by atoms with Crippen LogP contribution in [0.25, 0.3) is 11.0 Å². The minimum Gasteiger partial charge on any atom is -0.392 e. The number of aryl methyl sites for hydroxylation is 1. The molecule has 0 spiro atoms. The Morgan fingerprint density at radius 3 is 2.35 bits per heavy atom.